The SMILES string of the molecule is CC(C)[C@H]1CN1N. The minimum atomic E-state index is 0.681. The third kappa shape index (κ3) is 0.924. The number of nitrogens with two attached hydrogens (primary N) is 1. The standard InChI is InChI=1S/C5H12N2/c1-4(2)5-3-7(5)6/h4-5H,3,6H2,1-2H3/t5-,7?/m1/s1. The van der Waals surface area contributed by atoms with Gasteiger partial charge in [0.2, 0.25) is 0 Å². The van der Waals surface area contributed by atoms with E-state index in [1.165, 1.54) is 0 Å². The second kappa shape index (κ2) is 1.46. The fraction of sp³-hybridized carbons (Fsp3) is 1.00. The maximum absolute atomic E-state index is 5.40. The zero-order chi connectivity index (χ0) is 5.44. The summed E-state index contributed by atoms with van der Waals surface area (Å²) in [5, 5.41) is 1.87. The van der Waals surface area contributed by atoms with E-state index in [0.717, 1.165) is 12.5 Å². The van der Waals surface area contributed by atoms with Crippen molar-refractivity contribution in [1.29, 1.82) is 0 Å². The quantitative estimate of drug-likeness (QED) is 0.377. The van der Waals surface area contributed by atoms with Crippen LogP contribution < -0.4 is 5.84 Å². The number of hydrogen-bond acceptors (Lipinski definition) is 2. The van der Waals surface area contributed by atoms with Crippen molar-refractivity contribution < 1.29 is 0 Å². The van der Waals surface area contributed by atoms with Crippen LogP contribution in [0.2, 0.25) is 0 Å². The smallest absolute Gasteiger partial charge is 0.0406 e. The van der Waals surface area contributed by atoms with Gasteiger partial charge in [-0.05, 0) is 5.92 Å². The van der Waals surface area contributed by atoms with Crippen LogP contribution in [0.4, 0.5) is 0 Å². The van der Waals surface area contributed by atoms with E-state index in [-0.39, 0.29) is 0 Å². The molecule has 1 heterocycles. The molecule has 0 bridgehead atoms. The zero-order valence-electron chi connectivity index (χ0n) is 4.89. The molecule has 1 saturated heterocycles. The summed E-state index contributed by atoms with van der Waals surface area (Å²) in [6.07, 6.45) is 0. The van der Waals surface area contributed by atoms with Crippen LogP contribution in [0.5, 0.6) is 0 Å². The number of nitrogens with zero attached hydrogens (tertiary/aromatic N) is 1. The van der Waals surface area contributed by atoms with Crippen LogP contribution in [0.1, 0.15) is 13.8 Å². The highest BCUT2D eigenvalue weighted by Gasteiger charge is 2.33. The molecule has 42 valence electrons. The molecule has 0 aromatic heterocycles. The number of rotatable bonds is 1. The molecule has 1 unspecified atom stereocenters. The molecule has 2 nitrogen and oxygen atoms in total. The lowest BCUT2D eigenvalue weighted by Gasteiger charge is -1.97. The summed E-state index contributed by atoms with van der Waals surface area (Å²) in [5.41, 5.74) is 0. The molecule has 1 aliphatic heterocycles. The van der Waals surface area contributed by atoms with Gasteiger partial charge in [0.05, 0.1) is 0 Å². The van der Waals surface area contributed by atoms with E-state index in [9.17, 15) is 0 Å². The minimum Gasteiger partial charge on any atom is -0.268 e. The lowest BCUT2D eigenvalue weighted by molar-refractivity contribution is 0.463. The van der Waals surface area contributed by atoms with Crippen molar-refractivity contribution in [1.82, 2.24) is 5.01 Å². The molecule has 1 fully saturated rings. The highest BCUT2D eigenvalue weighted by Crippen LogP contribution is 2.19. The highest BCUT2D eigenvalue weighted by molar-refractivity contribution is 4.86. The Kier molecular flexibility index (Phi) is 1.05. The summed E-state index contributed by atoms with van der Waals surface area (Å²) in [7, 11) is 0. The van der Waals surface area contributed by atoms with E-state index in [0.29, 0.717) is 6.04 Å². The average molecular weight is 100 g/mol. The largest absolute Gasteiger partial charge is 0.268 e. The predicted octanol–water partition coefficient (Wildman–Crippen LogP) is 0.200. The van der Waals surface area contributed by atoms with Crippen molar-refractivity contribution in [3.8, 4) is 0 Å². The van der Waals surface area contributed by atoms with Crippen molar-refractivity contribution in [3.05, 3.63) is 0 Å². The highest BCUT2D eigenvalue weighted by atomic mass is 15.5. The first kappa shape index (κ1) is 5.06. The van der Waals surface area contributed by atoms with Crippen molar-refractivity contribution in [2.24, 2.45) is 11.8 Å². The van der Waals surface area contributed by atoms with Crippen molar-refractivity contribution in [2.45, 2.75) is 19.9 Å². The molecule has 0 radical (unpaired) electrons. The van der Waals surface area contributed by atoms with Gasteiger partial charge in [0.1, 0.15) is 0 Å². The Morgan fingerprint density at radius 1 is 1.71 bits per heavy atom. The van der Waals surface area contributed by atoms with Crippen LogP contribution in [-0.4, -0.2) is 17.6 Å². The van der Waals surface area contributed by atoms with Crippen LogP contribution in [0.3, 0.4) is 0 Å². The second-order valence-corrected chi connectivity index (χ2v) is 2.51. The van der Waals surface area contributed by atoms with Gasteiger partial charge in [-0.25, -0.2) is 5.01 Å². The van der Waals surface area contributed by atoms with Gasteiger partial charge < -0.3 is 0 Å². The van der Waals surface area contributed by atoms with E-state index in [1.807, 2.05) is 5.01 Å². The average Bonchev–Trinajstić information content (AvgIpc) is 2.17. The van der Waals surface area contributed by atoms with Crippen LogP contribution in [-0.2, 0) is 0 Å². The zero-order valence-corrected chi connectivity index (χ0v) is 4.89. The van der Waals surface area contributed by atoms with E-state index in [2.05, 4.69) is 13.8 Å². The van der Waals surface area contributed by atoms with Crippen LogP contribution in [0.25, 0.3) is 0 Å². The van der Waals surface area contributed by atoms with Crippen LogP contribution in [0, 0.1) is 5.92 Å². The summed E-state index contributed by atoms with van der Waals surface area (Å²) in [5.74, 6) is 6.14. The van der Waals surface area contributed by atoms with Gasteiger partial charge in [-0.15, -0.1) is 0 Å². The van der Waals surface area contributed by atoms with Gasteiger partial charge >= 0.3 is 0 Å². The van der Waals surface area contributed by atoms with E-state index in [4.69, 9.17) is 5.84 Å². The first-order chi connectivity index (χ1) is 3.22. The molecule has 7 heavy (non-hydrogen) atoms. The maximum atomic E-state index is 5.40. The molecule has 0 spiro atoms. The molecule has 0 aromatic carbocycles. The second-order valence-electron chi connectivity index (χ2n) is 2.51. The number of hydrogen-bond donors (Lipinski definition) is 1. The number of hydrazine groups is 1. The third-order valence-corrected chi connectivity index (χ3v) is 1.46. The van der Waals surface area contributed by atoms with E-state index >= 15 is 0 Å². The molecule has 0 amide bonds. The molecular formula is C5H12N2. The molecule has 2 N–H and O–H groups in total. The Balaban J connectivity index is 2.20. The first-order valence-corrected chi connectivity index (χ1v) is 2.73. The lowest BCUT2D eigenvalue weighted by atomic mass is 10.1. The van der Waals surface area contributed by atoms with Gasteiger partial charge in [-0.3, -0.25) is 5.84 Å². The lowest BCUT2D eigenvalue weighted by Crippen LogP contribution is -2.13. The normalized spacial score (nSPS) is 39.4. The third-order valence-electron chi connectivity index (χ3n) is 1.46. The van der Waals surface area contributed by atoms with Gasteiger partial charge in [0.25, 0.3) is 0 Å². The molecule has 2 atom stereocenters. The molecule has 0 saturated carbocycles. The molecule has 1 rings (SSSR count). The Labute approximate surface area is 44.3 Å². The van der Waals surface area contributed by atoms with Crippen molar-refractivity contribution in [2.75, 3.05) is 6.54 Å². The summed E-state index contributed by atoms with van der Waals surface area (Å²) in [4.78, 5) is 0. The maximum Gasteiger partial charge on any atom is 0.0406 e. The Morgan fingerprint density at radius 2 is 2.14 bits per heavy atom. The molecule has 0 aliphatic carbocycles. The van der Waals surface area contributed by atoms with E-state index < -0.39 is 0 Å². The predicted molar refractivity (Wildman–Crippen MR) is 29.5 cm³/mol. The Hall–Kier alpha value is -0.0800. The van der Waals surface area contributed by atoms with Gasteiger partial charge in [0, 0.05) is 12.6 Å². The molecule has 1 aliphatic rings. The summed E-state index contributed by atoms with van der Waals surface area (Å²) in [6.45, 7) is 5.48. The monoisotopic (exact) mass is 100 g/mol. The molecule has 2 heteroatoms. The topological polar surface area (TPSA) is 29.0 Å². The van der Waals surface area contributed by atoms with Gasteiger partial charge in [-0.2, -0.15) is 0 Å². The van der Waals surface area contributed by atoms with Crippen LogP contribution >= 0.6 is 0 Å². The molecule has 0 aromatic rings. The van der Waals surface area contributed by atoms with Gasteiger partial charge in [-0.1, -0.05) is 13.8 Å². The summed E-state index contributed by atoms with van der Waals surface area (Å²) in [6, 6.07) is 0.681. The van der Waals surface area contributed by atoms with Crippen molar-refractivity contribution in [3.63, 3.8) is 0 Å². The van der Waals surface area contributed by atoms with Crippen molar-refractivity contribution >= 4 is 0 Å². The molecular weight excluding hydrogens is 88.1 g/mol. The Bertz CT molecular complexity index is 70.5. The van der Waals surface area contributed by atoms with E-state index in [1.54, 1.807) is 0 Å². The Morgan fingerprint density at radius 3 is 2.14 bits per heavy atom. The fourth-order valence-corrected chi connectivity index (χ4v) is 0.763. The fourth-order valence-electron chi connectivity index (χ4n) is 0.763. The van der Waals surface area contributed by atoms with Gasteiger partial charge in [0.15, 0.2) is 0 Å². The minimum absolute atomic E-state index is 0.681. The first-order valence-electron chi connectivity index (χ1n) is 2.73. The summed E-state index contributed by atoms with van der Waals surface area (Å²) < 4.78 is 0. The summed E-state index contributed by atoms with van der Waals surface area (Å²) >= 11 is 0. The van der Waals surface area contributed by atoms with Crippen LogP contribution in [0.15, 0.2) is 0 Å².